The van der Waals surface area contributed by atoms with E-state index in [1.807, 2.05) is 24.3 Å². The molecule has 0 unspecified atom stereocenters. The maximum absolute atomic E-state index is 13.7. The molecule has 150 valence electrons. The van der Waals surface area contributed by atoms with E-state index in [-0.39, 0.29) is 5.56 Å². The molecule has 0 radical (unpaired) electrons. The van der Waals surface area contributed by atoms with E-state index in [0.29, 0.717) is 17.2 Å². The van der Waals surface area contributed by atoms with E-state index in [4.69, 9.17) is 4.74 Å². The molecule has 5 rings (SSSR count). The van der Waals surface area contributed by atoms with Gasteiger partial charge in [-0.05, 0) is 43.4 Å². The molecule has 3 heterocycles. The van der Waals surface area contributed by atoms with Gasteiger partial charge in [-0.2, -0.15) is 0 Å². The number of hydrogen-bond acceptors (Lipinski definition) is 6. The quantitative estimate of drug-likeness (QED) is 0.336. The van der Waals surface area contributed by atoms with E-state index in [9.17, 15) is 4.79 Å². The molecule has 0 N–H and O–H groups in total. The van der Waals surface area contributed by atoms with Crippen LogP contribution in [0.5, 0.6) is 5.75 Å². The molecule has 0 saturated carbocycles. The Kier molecular flexibility index (Phi) is 4.83. The lowest BCUT2D eigenvalue weighted by molar-refractivity contribution is 0.413. The first kappa shape index (κ1) is 18.7. The van der Waals surface area contributed by atoms with Crippen LogP contribution in [0.2, 0.25) is 0 Å². The highest BCUT2D eigenvalue weighted by molar-refractivity contribution is 7.99. The van der Waals surface area contributed by atoms with Crippen LogP contribution in [-0.4, -0.2) is 32.0 Å². The van der Waals surface area contributed by atoms with Gasteiger partial charge in [0.2, 0.25) is 5.78 Å². The summed E-state index contributed by atoms with van der Waals surface area (Å²) in [5.74, 6) is 2.18. The lowest BCUT2D eigenvalue weighted by Crippen LogP contribution is -2.22. The Morgan fingerprint density at radius 3 is 2.93 bits per heavy atom. The second-order valence-electron chi connectivity index (χ2n) is 7.17. The zero-order valence-corrected chi connectivity index (χ0v) is 18.1. The van der Waals surface area contributed by atoms with Crippen molar-refractivity contribution in [3.05, 3.63) is 45.1 Å². The fourth-order valence-corrected chi connectivity index (χ4v) is 6.44. The summed E-state index contributed by atoms with van der Waals surface area (Å²) in [6.07, 6.45) is 5.38. The number of fused-ring (bicyclic) bond motifs is 5. The highest BCUT2D eigenvalue weighted by atomic mass is 32.2. The molecule has 0 spiro atoms. The van der Waals surface area contributed by atoms with Crippen LogP contribution in [0.25, 0.3) is 21.7 Å². The van der Waals surface area contributed by atoms with Gasteiger partial charge in [-0.15, -0.1) is 21.5 Å². The number of hydrogen-bond donors (Lipinski definition) is 0. The summed E-state index contributed by atoms with van der Waals surface area (Å²) in [5, 5.41) is 10.6. The first-order valence-corrected chi connectivity index (χ1v) is 11.8. The maximum atomic E-state index is 13.7. The topological polar surface area (TPSA) is 61.4 Å². The van der Waals surface area contributed by atoms with E-state index in [1.165, 1.54) is 10.4 Å². The van der Waals surface area contributed by atoms with Gasteiger partial charge in [0.15, 0.2) is 5.16 Å². The smallest absolute Gasteiger partial charge is 0.268 e. The van der Waals surface area contributed by atoms with E-state index in [0.717, 1.165) is 53.2 Å². The standard InChI is InChI=1S/C21H22N4O2S2/c1-3-4-12-28-21-23-22-20-24(14-9-5-6-10-15(14)27-2)18(26)17-13-8-7-11-16(13)29-19(17)25(20)21/h5-6,9-10H,3-4,7-8,11-12H2,1-2H3. The first-order valence-electron chi connectivity index (χ1n) is 9.95. The number of ether oxygens (including phenoxy) is 1. The molecule has 1 aromatic carbocycles. The molecule has 0 bridgehead atoms. The number of aromatic nitrogens is 4. The normalized spacial score (nSPS) is 13.4. The number of para-hydroxylation sites is 2. The Balaban J connectivity index is 1.87. The molecule has 0 atom stereocenters. The van der Waals surface area contributed by atoms with Crippen LogP contribution in [0.15, 0.2) is 34.2 Å². The lowest BCUT2D eigenvalue weighted by atomic mass is 10.2. The third-order valence-electron chi connectivity index (χ3n) is 5.39. The van der Waals surface area contributed by atoms with E-state index < -0.39 is 0 Å². The third kappa shape index (κ3) is 2.88. The number of methoxy groups -OCH3 is 1. The van der Waals surface area contributed by atoms with Crippen molar-refractivity contribution >= 4 is 39.1 Å². The minimum absolute atomic E-state index is 0.0334. The van der Waals surface area contributed by atoms with Crippen LogP contribution in [0, 0.1) is 0 Å². The molecule has 29 heavy (non-hydrogen) atoms. The molecule has 0 fully saturated rings. The molecule has 1 aliphatic carbocycles. The average molecular weight is 427 g/mol. The SMILES string of the molecule is CCCCSc1nnc2n(-c3ccccc3OC)c(=O)c3c4c(sc3n12)CCC4. The number of benzene rings is 1. The summed E-state index contributed by atoms with van der Waals surface area (Å²) in [4.78, 5) is 16.0. The van der Waals surface area contributed by atoms with Crippen molar-refractivity contribution in [1.29, 1.82) is 0 Å². The first-order chi connectivity index (χ1) is 14.2. The molecule has 3 aromatic heterocycles. The Labute approximate surface area is 176 Å². The van der Waals surface area contributed by atoms with Crippen LogP contribution >= 0.6 is 23.1 Å². The van der Waals surface area contributed by atoms with Crippen molar-refractivity contribution in [2.75, 3.05) is 12.9 Å². The van der Waals surface area contributed by atoms with E-state index in [1.54, 1.807) is 34.8 Å². The molecular formula is C21H22N4O2S2. The van der Waals surface area contributed by atoms with Crippen molar-refractivity contribution in [1.82, 2.24) is 19.2 Å². The van der Waals surface area contributed by atoms with Gasteiger partial charge < -0.3 is 4.74 Å². The molecule has 4 aromatic rings. The van der Waals surface area contributed by atoms with Gasteiger partial charge >= 0.3 is 0 Å². The van der Waals surface area contributed by atoms with Crippen LogP contribution in [0.4, 0.5) is 0 Å². The molecule has 0 saturated heterocycles. The van der Waals surface area contributed by atoms with Gasteiger partial charge in [-0.3, -0.25) is 4.79 Å². The summed E-state index contributed by atoms with van der Waals surface area (Å²) in [5.41, 5.74) is 1.87. The van der Waals surface area contributed by atoms with Crippen molar-refractivity contribution in [3.63, 3.8) is 0 Å². The highest BCUT2D eigenvalue weighted by Gasteiger charge is 2.27. The Bertz CT molecular complexity index is 1270. The van der Waals surface area contributed by atoms with Crippen molar-refractivity contribution in [3.8, 4) is 11.4 Å². The van der Waals surface area contributed by atoms with Crippen molar-refractivity contribution < 1.29 is 4.74 Å². The van der Waals surface area contributed by atoms with Crippen LogP contribution in [0.1, 0.15) is 36.6 Å². The monoisotopic (exact) mass is 426 g/mol. The second kappa shape index (κ2) is 7.50. The summed E-state index contributed by atoms with van der Waals surface area (Å²) < 4.78 is 9.30. The number of unbranched alkanes of at least 4 members (excludes halogenated alkanes) is 1. The van der Waals surface area contributed by atoms with Crippen molar-refractivity contribution in [2.45, 2.75) is 44.2 Å². The number of thiophene rings is 1. The van der Waals surface area contributed by atoms with Gasteiger partial charge in [0.05, 0.1) is 18.2 Å². The molecular weight excluding hydrogens is 404 g/mol. The van der Waals surface area contributed by atoms with Crippen LogP contribution in [0.3, 0.4) is 0 Å². The summed E-state index contributed by atoms with van der Waals surface area (Å²) in [6.45, 7) is 2.18. The third-order valence-corrected chi connectivity index (χ3v) is 7.69. The van der Waals surface area contributed by atoms with Crippen LogP contribution in [-0.2, 0) is 12.8 Å². The van der Waals surface area contributed by atoms with Gasteiger partial charge in [-0.25, -0.2) is 8.97 Å². The average Bonchev–Trinajstić information content (AvgIpc) is 3.43. The molecule has 1 aliphatic rings. The number of nitrogens with zero attached hydrogens (tertiary/aromatic N) is 4. The highest BCUT2D eigenvalue weighted by Crippen LogP contribution is 2.38. The predicted molar refractivity (Wildman–Crippen MR) is 118 cm³/mol. The molecule has 0 amide bonds. The minimum Gasteiger partial charge on any atom is -0.495 e. The van der Waals surface area contributed by atoms with Gasteiger partial charge in [0.25, 0.3) is 5.56 Å². The minimum atomic E-state index is -0.0334. The molecule has 8 heteroatoms. The fourth-order valence-electron chi connectivity index (χ4n) is 3.99. The Morgan fingerprint density at radius 1 is 1.24 bits per heavy atom. The number of thioether (sulfide) groups is 1. The number of aryl methyl sites for hydroxylation is 2. The van der Waals surface area contributed by atoms with Crippen LogP contribution < -0.4 is 10.3 Å². The predicted octanol–water partition coefficient (Wildman–Crippen LogP) is 4.48. The lowest BCUT2D eigenvalue weighted by Gasteiger charge is -2.13. The maximum Gasteiger partial charge on any atom is 0.268 e. The zero-order valence-electron chi connectivity index (χ0n) is 16.5. The number of rotatable bonds is 6. The Morgan fingerprint density at radius 2 is 2.10 bits per heavy atom. The summed E-state index contributed by atoms with van der Waals surface area (Å²) in [7, 11) is 1.62. The van der Waals surface area contributed by atoms with Gasteiger partial charge in [0.1, 0.15) is 10.6 Å². The molecule has 0 aliphatic heterocycles. The van der Waals surface area contributed by atoms with Gasteiger partial charge in [0, 0.05) is 10.6 Å². The summed E-state index contributed by atoms with van der Waals surface area (Å²) >= 11 is 3.43. The fraction of sp³-hybridized carbons (Fsp3) is 0.381. The van der Waals surface area contributed by atoms with Gasteiger partial charge in [-0.1, -0.05) is 37.2 Å². The Hall–Kier alpha value is -2.32. The zero-order chi connectivity index (χ0) is 20.0. The second-order valence-corrected chi connectivity index (χ2v) is 9.32. The van der Waals surface area contributed by atoms with Crippen molar-refractivity contribution in [2.24, 2.45) is 0 Å². The largest absolute Gasteiger partial charge is 0.495 e. The van der Waals surface area contributed by atoms with E-state index >= 15 is 0 Å². The van der Waals surface area contributed by atoms with E-state index in [2.05, 4.69) is 21.5 Å². The summed E-state index contributed by atoms with van der Waals surface area (Å²) in [6, 6.07) is 7.59. The molecule has 6 nitrogen and oxygen atoms in total.